The largest absolute Gasteiger partial charge is 0.467 e. The zero-order chi connectivity index (χ0) is 14.0. The van der Waals surface area contributed by atoms with Crippen LogP contribution in [0.3, 0.4) is 0 Å². The van der Waals surface area contributed by atoms with E-state index >= 15 is 0 Å². The minimum Gasteiger partial charge on any atom is -0.467 e. The lowest BCUT2D eigenvalue weighted by Crippen LogP contribution is -2.16. The van der Waals surface area contributed by atoms with Crippen LogP contribution in [0.2, 0.25) is 0 Å². The molecule has 1 aromatic heterocycles. The number of nitrogen functional groups attached to an aromatic ring is 1. The molecule has 6 nitrogen and oxygen atoms in total. The van der Waals surface area contributed by atoms with Gasteiger partial charge in [-0.05, 0) is 37.3 Å². The van der Waals surface area contributed by atoms with E-state index in [0.717, 1.165) is 0 Å². The molecule has 2 aromatic rings. The Morgan fingerprint density at radius 3 is 2.63 bits per heavy atom. The summed E-state index contributed by atoms with van der Waals surface area (Å²) >= 11 is 0. The first-order chi connectivity index (χ1) is 8.88. The van der Waals surface area contributed by atoms with E-state index in [1.54, 1.807) is 30.5 Å². The Labute approximate surface area is 111 Å². The van der Waals surface area contributed by atoms with E-state index in [2.05, 4.69) is 5.32 Å². The maximum absolute atomic E-state index is 11.5. The number of furan rings is 1. The molecule has 1 aromatic carbocycles. The first-order valence-electron chi connectivity index (χ1n) is 5.60. The summed E-state index contributed by atoms with van der Waals surface area (Å²) < 4.78 is 28.3. The van der Waals surface area contributed by atoms with Gasteiger partial charge in [-0.25, -0.2) is 13.6 Å². The van der Waals surface area contributed by atoms with Crippen LogP contribution in [0.5, 0.6) is 0 Å². The van der Waals surface area contributed by atoms with Gasteiger partial charge < -0.3 is 15.5 Å². The molecule has 7 heteroatoms. The zero-order valence-corrected chi connectivity index (χ0v) is 11.1. The molecule has 102 valence electrons. The summed E-state index contributed by atoms with van der Waals surface area (Å²) in [6.07, 6.45) is 1.55. The topological polar surface area (TPSA) is 111 Å². The van der Waals surface area contributed by atoms with E-state index in [-0.39, 0.29) is 10.9 Å². The van der Waals surface area contributed by atoms with E-state index < -0.39 is 10.0 Å². The standard InChI is InChI=1S/C12H15N3O3S/c1-8(11-3-2-6-18-11)15-10-5-4-9(13)7-12(10)19(14,16)17/h2-8,15H,13H2,1H3,(H2,14,16,17). The Bertz CT molecular complexity index is 666. The predicted molar refractivity (Wildman–Crippen MR) is 73.0 cm³/mol. The fourth-order valence-electron chi connectivity index (χ4n) is 1.74. The second-order valence-electron chi connectivity index (χ2n) is 4.18. The van der Waals surface area contributed by atoms with Gasteiger partial charge in [0.1, 0.15) is 10.7 Å². The molecule has 0 saturated carbocycles. The summed E-state index contributed by atoms with van der Waals surface area (Å²) in [6.45, 7) is 1.85. The van der Waals surface area contributed by atoms with Gasteiger partial charge in [0, 0.05) is 5.69 Å². The summed E-state index contributed by atoms with van der Waals surface area (Å²) in [5, 5.41) is 8.21. The van der Waals surface area contributed by atoms with Gasteiger partial charge in [-0.1, -0.05) is 0 Å². The molecule has 0 saturated heterocycles. The van der Waals surface area contributed by atoms with Crippen LogP contribution >= 0.6 is 0 Å². The highest BCUT2D eigenvalue weighted by Crippen LogP contribution is 2.27. The van der Waals surface area contributed by atoms with Gasteiger partial charge in [-0.2, -0.15) is 0 Å². The van der Waals surface area contributed by atoms with Gasteiger partial charge in [0.15, 0.2) is 0 Å². The first-order valence-corrected chi connectivity index (χ1v) is 7.15. The summed E-state index contributed by atoms with van der Waals surface area (Å²) in [7, 11) is -3.84. The molecule has 0 fully saturated rings. The molecule has 0 aliphatic rings. The fourth-order valence-corrected chi connectivity index (χ4v) is 2.47. The summed E-state index contributed by atoms with van der Waals surface area (Å²) in [5.74, 6) is 0.692. The maximum atomic E-state index is 11.5. The third-order valence-electron chi connectivity index (χ3n) is 2.65. The number of benzene rings is 1. The highest BCUT2D eigenvalue weighted by molar-refractivity contribution is 7.89. The van der Waals surface area contributed by atoms with Gasteiger partial charge in [0.25, 0.3) is 0 Å². The van der Waals surface area contributed by atoms with Crippen LogP contribution in [-0.2, 0) is 10.0 Å². The monoisotopic (exact) mass is 281 g/mol. The van der Waals surface area contributed by atoms with Gasteiger partial charge in [0.05, 0.1) is 18.0 Å². The Morgan fingerprint density at radius 1 is 1.32 bits per heavy atom. The van der Waals surface area contributed by atoms with Crippen molar-refractivity contribution < 1.29 is 12.8 Å². The highest BCUT2D eigenvalue weighted by atomic mass is 32.2. The SMILES string of the molecule is CC(Nc1ccc(N)cc1S(N)(=O)=O)c1ccco1. The highest BCUT2D eigenvalue weighted by Gasteiger charge is 2.17. The van der Waals surface area contributed by atoms with Crippen LogP contribution in [0, 0.1) is 0 Å². The van der Waals surface area contributed by atoms with Crippen LogP contribution in [0.15, 0.2) is 45.9 Å². The number of nitrogens with one attached hydrogen (secondary N) is 1. The first kappa shape index (κ1) is 13.4. The van der Waals surface area contributed by atoms with Gasteiger partial charge in [-0.3, -0.25) is 0 Å². The lowest BCUT2D eigenvalue weighted by molar-refractivity contribution is 0.490. The van der Waals surface area contributed by atoms with Crippen LogP contribution in [0.1, 0.15) is 18.7 Å². The molecule has 0 bridgehead atoms. The van der Waals surface area contributed by atoms with Crippen molar-refractivity contribution >= 4 is 21.4 Å². The molecule has 0 aliphatic carbocycles. The van der Waals surface area contributed by atoms with Crippen molar-refractivity contribution in [1.29, 1.82) is 0 Å². The summed E-state index contributed by atoms with van der Waals surface area (Å²) in [6, 6.07) is 7.87. The molecule has 0 spiro atoms. The molecular weight excluding hydrogens is 266 g/mol. The van der Waals surface area contributed by atoms with Crippen molar-refractivity contribution in [2.75, 3.05) is 11.1 Å². The van der Waals surface area contributed by atoms with Crippen molar-refractivity contribution in [3.8, 4) is 0 Å². The van der Waals surface area contributed by atoms with E-state index in [1.807, 2.05) is 6.92 Å². The molecule has 0 aliphatic heterocycles. The molecule has 1 unspecified atom stereocenters. The quantitative estimate of drug-likeness (QED) is 0.738. The zero-order valence-electron chi connectivity index (χ0n) is 10.3. The van der Waals surface area contributed by atoms with E-state index in [0.29, 0.717) is 17.1 Å². The summed E-state index contributed by atoms with van der Waals surface area (Å²) in [5.41, 5.74) is 6.31. The molecule has 0 radical (unpaired) electrons. The van der Waals surface area contributed by atoms with Crippen LogP contribution in [0.4, 0.5) is 11.4 Å². The van der Waals surface area contributed by atoms with Crippen molar-refractivity contribution in [3.63, 3.8) is 0 Å². The average molecular weight is 281 g/mol. The van der Waals surface area contributed by atoms with E-state index in [1.165, 1.54) is 6.07 Å². The number of rotatable bonds is 4. The van der Waals surface area contributed by atoms with Gasteiger partial charge >= 0.3 is 0 Å². The molecule has 1 atom stereocenters. The molecule has 1 heterocycles. The second kappa shape index (κ2) is 4.94. The second-order valence-corrected chi connectivity index (χ2v) is 5.71. The van der Waals surface area contributed by atoms with Crippen molar-refractivity contribution in [2.45, 2.75) is 17.9 Å². The average Bonchev–Trinajstić information content (AvgIpc) is 2.83. The lowest BCUT2D eigenvalue weighted by Gasteiger charge is -2.16. The molecule has 0 amide bonds. The van der Waals surface area contributed by atoms with E-state index in [4.69, 9.17) is 15.3 Å². The minimum atomic E-state index is -3.84. The Kier molecular flexibility index (Phi) is 3.50. The minimum absolute atomic E-state index is 0.0362. The molecule has 5 N–H and O–H groups in total. The third kappa shape index (κ3) is 3.07. The molecule has 2 rings (SSSR count). The van der Waals surface area contributed by atoms with Gasteiger partial charge in [-0.15, -0.1) is 0 Å². The Balaban J connectivity index is 2.35. The van der Waals surface area contributed by atoms with Crippen LogP contribution in [0.25, 0.3) is 0 Å². The van der Waals surface area contributed by atoms with Crippen LogP contribution < -0.4 is 16.2 Å². The number of hydrogen-bond donors (Lipinski definition) is 3. The number of nitrogens with two attached hydrogens (primary N) is 2. The number of primary sulfonamides is 1. The Hall–Kier alpha value is -1.99. The van der Waals surface area contributed by atoms with E-state index in [9.17, 15) is 8.42 Å². The predicted octanol–water partition coefficient (Wildman–Crippen LogP) is 1.68. The third-order valence-corrected chi connectivity index (χ3v) is 3.60. The van der Waals surface area contributed by atoms with Crippen molar-refractivity contribution in [3.05, 3.63) is 42.4 Å². The smallest absolute Gasteiger partial charge is 0.240 e. The number of sulfonamides is 1. The summed E-state index contributed by atoms with van der Waals surface area (Å²) in [4.78, 5) is -0.0362. The fraction of sp³-hybridized carbons (Fsp3) is 0.167. The normalized spacial score (nSPS) is 13.2. The number of anilines is 2. The van der Waals surface area contributed by atoms with Crippen LogP contribution in [-0.4, -0.2) is 8.42 Å². The molecular formula is C12H15N3O3S. The maximum Gasteiger partial charge on any atom is 0.240 e. The number of hydrogen-bond acceptors (Lipinski definition) is 5. The van der Waals surface area contributed by atoms with Crippen molar-refractivity contribution in [1.82, 2.24) is 0 Å². The molecule has 19 heavy (non-hydrogen) atoms. The van der Waals surface area contributed by atoms with Crippen molar-refractivity contribution in [2.24, 2.45) is 5.14 Å². The van der Waals surface area contributed by atoms with Gasteiger partial charge in [0.2, 0.25) is 10.0 Å². The Morgan fingerprint density at radius 2 is 2.05 bits per heavy atom. The lowest BCUT2D eigenvalue weighted by atomic mass is 10.2.